The summed E-state index contributed by atoms with van der Waals surface area (Å²) >= 11 is 6.21. The number of carbonyl (C=O) groups is 2. The van der Waals surface area contributed by atoms with Gasteiger partial charge in [-0.15, -0.1) is 10.2 Å². The lowest BCUT2D eigenvalue weighted by Crippen LogP contribution is -2.46. The molecule has 0 saturated heterocycles. The van der Waals surface area contributed by atoms with E-state index >= 15 is 0 Å². The Kier molecular flexibility index (Phi) is 13.3. The number of carbonyl (C=O) groups excluding carboxylic acids is 1. The van der Waals surface area contributed by atoms with Gasteiger partial charge in [-0.25, -0.2) is 4.79 Å². The second-order valence-corrected chi connectivity index (χ2v) is 12.5. The lowest BCUT2D eigenvalue weighted by molar-refractivity contribution is -0.121. The number of aromatic nitrogens is 3. The number of ether oxygens (including phenoxy) is 4. The van der Waals surface area contributed by atoms with E-state index in [0.29, 0.717) is 87.5 Å². The van der Waals surface area contributed by atoms with Gasteiger partial charge in [-0.3, -0.25) is 14.4 Å². The first-order chi connectivity index (χ1) is 23.0. The summed E-state index contributed by atoms with van der Waals surface area (Å²) in [6.07, 6.45) is -0.844. The number of hydrogen-bond donors (Lipinski definition) is 2. The number of fused-ring (bicyclic) bond motifs is 3. The molecule has 1 aliphatic rings. The highest BCUT2D eigenvalue weighted by molar-refractivity contribution is 6.30. The van der Waals surface area contributed by atoms with Gasteiger partial charge in [0.15, 0.2) is 5.82 Å². The zero-order valence-corrected chi connectivity index (χ0v) is 29.0. The highest BCUT2D eigenvalue weighted by Crippen LogP contribution is 2.34. The van der Waals surface area contributed by atoms with Crippen LogP contribution >= 0.6 is 11.6 Å². The second kappa shape index (κ2) is 17.4. The van der Waals surface area contributed by atoms with E-state index < -0.39 is 17.7 Å². The average molecular weight is 685 g/mol. The SMILES string of the molecule is CCNC(=O)C[C@@H]1N=C(c2ccc(Cl)cc2)c2cc(OCCOCCOCCOCCN(C(=O)O)C(C)(C)C)ccc2-n2c(C)nnc21. The molecular formula is C34H45ClN6O7. The molecule has 2 aromatic carbocycles. The lowest BCUT2D eigenvalue weighted by atomic mass is 10.00. The van der Waals surface area contributed by atoms with Crippen molar-refractivity contribution >= 4 is 29.3 Å². The Morgan fingerprint density at radius 3 is 2.23 bits per heavy atom. The van der Waals surface area contributed by atoms with Crippen molar-refractivity contribution in [3.8, 4) is 11.4 Å². The molecule has 1 aliphatic heterocycles. The topological polar surface area (TPSA) is 150 Å². The van der Waals surface area contributed by atoms with Crippen molar-refractivity contribution in [2.75, 3.05) is 59.3 Å². The van der Waals surface area contributed by atoms with Gasteiger partial charge < -0.3 is 34.3 Å². The summed E-state index contributed by atoms with van der Waals surface area (Å²) in [5.74, 6) is 1.78. The number of aliphatic imine (C=N–C) groups is 1. The highest BCUT2D eigenvalue weighted by atomic mass is 35.5. The van der Waals surface area contributed by atoms with E-state index in [2.05, 4.69) is 15.5 Å². The maximum absolute atomic E-state index is 12.7. The standard InChI is InChI=1S/C34H45ClN6O7/c1-6-36-30(42)22-28-32-39-38-23(2)41(32)29-12-11-26(21-27(29)31(37-28)24-7-9-25(35)10-8-24)48-20-19-47-18-17-46-16-15-45-14-13-40(33(43)44)34(3,4)5/h7-12,21,28H,6,13-20,22H2,1-5H3,(H,36,42)(H,43,44)/t28-/m0/s1. The number of nitrogens with zero attached hydrogens (tertiary/aromatic N) is 5. The van der Waals surface area contributed by atoms with E-state index in [1.165, 1.54) is 4.90 Å². The third-order valence-corrected chi connectivity index (χ3v) is 7.76. The Balaban J connectivity index is 1.32. The summed E-state index contributed by atoms with van der Waals surface area (Å²) < 4.78 is 24.7. The monoisotopic (exact) mass is 684 g/mol. The zero-order chi connectivity index (χ0) is 34.7. The number of halogens is 1. The summed E-state index contributed by atoms with van der Waals surface area (Å²) in [6, 6.07) is 12.6. The van der Waals surface area contributed by atoms with Crippen molar-refractivity contribution < 1.29 is 33.6 Å². The van der Waals surface area contributed by atoms with Crippen LogP contribution in [0.15, 0.2) is 47.5 Å². The molecule has 0 fully saturated rings. The molecule has 13 nitrogen and oxygen atoms in total. The van der Waals surface area contributed by atoms with Crippen LogP contribution in [0.25, 0.3) is 5.69 Å². The Labute approximate surface area is 286 Å². The number of amides is 2. The first-order valence-electron chi connectivity index (χ1n) is 16.0. The van der Waals surface area contributed by atoms with Crippen LogP contribution in [0.3, 0.4) is 0 Å². The minimum Gasteiger partial charge on any atom is -0.491 e. The van der Waals surface area contributed by atoms with Crippen LogP contribution in [-0.4, -0.2) is 107 Å². The molecule has 14 heteroatoms. The van der Waals surface area contributed by atoms with Crippen molar-refractivity contribution in [3.05, 3.63) is 70.3 Å². The fourth-order valence-electron chi connectivity index (χ4n) is 5.22. The predicted octanol–water partition coefficient (Wildman–Crippen LogP) is 4.85. The highest BCUT2D eigenvalue weighted by Gasteiger charge is 2.30. The van der Waals surface area contributed by atoms with Crippen molar-refractivity contribution in [2.24, 2.45) is 4.99 Å². The molecule has 260 valence electrons. The summed E-state index contributed by atoms with van der Waals surface area (Å²) in [4.78, 5) is 30.5. The van der Waals surface area contributed by atoms with Crippen molar-refractivity contribution in [1.29, 1.82) is 0 Å². The summed E-state index contributed by atoms with van der Waals surface area (Å²) in [6.45, 7) is 12.6. The summed E-state index contributed by atoms with van der Waals surface area (Å²) in [5.41, 5.74) is 2.69. The van der Waals surface area contributed by atoms with E-state index in [4.69, 9.17) is 35.5 Å². The molecule has 48 heavy (non-hydrogen) atoms. The van der Waals surface area contributed by atoms with Gasteiger partial charge >= 0.3 is 6.09 Å². The smallest absolute Gasteiger partial charge is 0.407 e. The minimum atomic E-state index is -0.967. The predicted molar refractivity (Wildman–Crippen MR) is 182 cm³/mol. The fourth-order valence-corrected chi connectivity index (χ4v) is 5.34. The van der Waals surface area contributed by atoms with Gasteiger partial charge in [0, 0.05) is 34.8 Å². The number of hydrogen-bond acceptors (Lipinski definition) is 9. The third kappa shape index (κ3) is 9.99. The van der Waals surface area contributed by atoms with Gasteiger partial charge in [-0.2, -0.15) is 0 Å². The van der Waals surface area contributed by atoms with Crippen LogP contribution in [0.2, 0.25) is 5.02 Å². The quantitative estimate of drug-likeness (QED) is 0.190. The van der Waals surface area contributed by atoms with E-state index in [-0.39, 0.29) is 12.3 Å². The Bertz CT molecular complexity index is 1550. The Morgan fingerprint density at radius 1 is 0.958 bits per heavy atom. The van der Waals surface area contributed by atoms with E-state index in [0.717, 1.165) is 16.8 Å². The second-order valence-electron chi connectivity index (χ2n) is 12.1. The maximum atomic E-state index is 12.7. The van der Waals surface area contributed by atoms with Crippen molar-refractivity contribution in [1.82, 2.24) is 25.0 Å². The van der Waals surface area contributed by atoms with Crippen LogP contribution in [0, 0.1) is 6.92 Å². The number of carboxylic acid groups (broad SMARTS) is 1. The molecule has 1 atom stereocenters. The molecule has 2 amide bonds. The van der Waals surface area contributed by atoms with E-state index in [1.807, 2.05) is 81.7 Å². The van der Waals surface area contributed by atoms with E-state index in [9.17, 15) is 14.7 Å². The van der Waals surface area contributed by atoms with Crippen LogP contribution < -0.4 is 10.1 Å². The van der Waals surface area contributed by atoms with Gasteiger partial charge in [0.1, 0.15) is 24.2 Å². The van der Waals surface area contributed by atoms with Gasteiger partial charge in [0.25, 0.3) is 0 Å². The van der Waals surface area contributed by atoms with Crippen molar-refractivity contribution in [3.63, 3.8) is 0 Å². The third-order valence-electron chi connectivity index (χ3n) is 7.51. The number of rotatable bonds is 17. The molecule has 1 aromatic heterocycles. The van der Waals surface area contributed by atoms with Gasteiger partial charge in [-0.05, 0) is 65.0 Å². The molecule has 0 unspecified atom stereocenters. The zero-order valence-electron chi connectivity index (χ0n) is 28.2. The molecule has 0 bridgehead atoms. The van der Waals surface area contributed by atoms with Gasteiger partial charge in [0.05, 0.1) is 57.5 Å². The van der Waals surface area contributed by atoms with Crippen LogP contribution in [-0.2, 0) is 19.0 Å². The molecule has 0 radical (unpaired) electrons. The van der Waals surface area contributed by atoms with Crippen molar-refractivity contribution in [2.45, 2.75) is 52.6 Å². The Morgan fingerprint density at radius 2 is 1.60 bits per heavy atom. The molecule has 3 aromatic rings. The van der Waals surface area contributed by atoms with Gasteiger partial charge in [0.2, 0.25) is 5.91 Å². The molecule has 0 spiro atoms. The minimum absolute atomic E-state index is 0.122. The van der Waals surface area contributed by atoms with Crippen LogP contribution in [0.1, 0.15) is 62.9 Å². The van der Waals surface area contributed by atoms with Crippen LogP contribution in [0.5, 0.6) is 5.75 Å². The first-order valence-corrected chi connectivity index (χ1v) is 16.4. The molecular weight excluding hydrogens is 640 g/mol. The molecule has 2 N–H and O–H groups in total. The molecule has 4 rings (SSSR count). The normalized spacial score (nSPS) is 14.0. The first kappa shape index (κ1) is 36.8. The van der Waals surface area contributed by atoms with Gasteiger partial charge in [-0.1, -0.05) is 23.7 Å². The largest absolute Gasteiger partial charge is 0.491 e. The maximum Gasteiger partial charge on any atom is 0.407 e. The van der Waals surface area contributed by atoms with E-state index in [1.54, 1.807) is 0 Å². The van der Waals surface area contributed by atoms with Crippen LogP contribution in [0.4, 0.5) is 4.79 Å². The molecule has 0 saturated carbocycles. The summed E-state index contributed by atoms with van der Waals surface area (Å²) in [7, 11) is 0. The fraction of sp³-hybridized carbons (Fsp3) is 0.500. The molecule has 2 heterocycles. The number of nitrogens with one attached hydrogen (secondary N) is 1. The Hall–Kier alpha value is -4.04. The average Bonchev–Trinajstić information content (AvgIpc) is 3.35. The lowest BCUT2D eigenvalue weighted by Gasteiger charge is -2.32. The number of aryl methyl sites for hydroxylation is 1. The summed E-state index contributed by atoms with van der Waals surface area (Å²) in [5, 5.41) is 21.5. The molecule has 0 aliphatic carbocycles. The number of benzene rings is 2.